The van der Waals surface area contributed by atoms with E-state index in [0.717, 1.165) is 126 Å². The van der Waals surface area contributed by atoms with Crippen LogP contribution >= 0.6 is 11.6 Å². The maximum atomic E-state index is 14.3. The number of piperazine rings is 1. The van der Waals surface area contributed by atoms with Gasteiger partial charge in [0.25, 0.3) is 21.6 Å². The van der Waals surface area contributed by atoms with Gasteiger partial charge in [0, 0.05) is 92.5 Å². The first-order valence-electron chi connectivity index (χ1n) is 23.6. The summed E-state index contributed by atoms with van der Waals surface area (Å²) in [5.41, 5.74) is 7.42. The van der Waals surface area contributed by atoms with Gasteiger partial charge in [0.1, 0.15) is 11.2 Å². The number of carbonyl (C=O) groups excluding carboxylic acids is 1. The van der Waals surface area contributed by atoms with Crippen LogP contribution < -0.4 is 14.9 Å². The van der Waals surface area contributed by atoms with Crippen LogP contribution in [0, 0.1) is 15.5 Å². The van der Waals surface area contributed by atoms with E-state index in [-0.39, 0.29) is 28.4 Å². The summed E-state index contributed by atoms with van der Waals surface area (Å²) in [6.07, 6.45) is 10.2. The number of morpholine rings is 1. The lowest BCUT2D eigenvalue weighted by Gasteiger charge is -2.39. The van der Waals surface area contributed by atoms with E-state index in [9.17, 15) is 23.3 Å². The molecular weight excluding hydrogens is 904 g/mol. The number of hydrogen-bond donors (Lipinski definition) is 3. The summed E-state index contributed by atoms with van der Waals surface area (Å²) in [7, 11) is -4.58. The van der Waals surface area contributed by atoms with Gasteiger partial charge in [0.2, 0.25) is 0 Å². The monoisotopic (exact) mass is 960 g/mol. The minimum Gasteiger partial charge on any atom is -0.379 e. The van der Waals surface area contributed by atoms with Gasteiger partial charge < -0.3 is 15.0 Å². The highest BCUT2D eigenvalue weighted by Crippen LogP contribution is 2.43. The molecule has 16 nitrogen and oxygen atoms in total. The molecule has 2 saturated heterocycles. The Morgan fingerprint density at radius 1 is 0.956 bits per heavy atom. The fourth-order valence-electron chi connectivity index (χ4n) is 10.5. The van der Waals surface area contributed by atoms with Crippen molar-refractivity contribution in [2.45, 2.75) is 75.8 Å². The summed E-state index contributed by atoms with van der Waals surface area (Å²) in [5, 5.41) is 20.5. The molecule has 6 aromatic rings. The molecule has 3 aromatic carbocycles. The lowest BCUT2D eigenvalue weighted by Crippen LogP contribution is -2.47. The maximum absolute atomic E-state index is 14.3. The van der Waals surface area contributed by atoms with E-state index in [1.807, 2.05) is 36.4 Å². The number of nitrogens with zero attached hydrogens (tertiary/aromatic N) is 7. The van der Waals surface area contributed by atoms with Gasteiger partial charge in [-0.25, -0.2) is 23.1 Å². The number of sulfonamides is 1. The van der Waals surface area contributed by atoms with E-state index < -0.39 is 25.7 Å². The number of halogens is 1. The Hall–Kier alpha value is -5.85. The van der Waals surface area contributed by atoms with Crippen molar-refractivity contribution in [2.75, 3.05) is 69.2 Å². The van der Waals surface area contributed by atoms with Crippen LogP contribution in [0.25, 0.3) is 33.3 Å². The number of hydrogen-bond acceptors (Lipinski definition) is 12. The Morgan fingerprint density at radius 3 is 2.47 bits per heavy atom. The summed E-state index contributed by atoms with van der Waals surface area (Å²) < 4.78 is 37.5. The Bertz CT molecular complexity index is 3000. The molecule has 3 fully saturated rings. The average molecular weight is 962 g/mol. The molecule has 5 heterocycles. The highest BCUT2D eigenvalue weighted by molar-refractivity contribution is 7.90. The SMILES string of the molecule is CC1(C)CCC(CN2CCN(c3ccc(C(=O)NS(=O)(=O)c4ccc(NC5CCC(N6CCOCC6)CC5)c([N+](=O)[O-])c4)c(-n4[nH]cc5nc6nccc6cc54)c3)CC2)=C(c2ccc(Cl)cc2)C1. The molecule has 0 unspecified atom stereocenters. The van der Waals surface area contributed by atoms with Crippen LogP contribution in [0.2, 0.25) is 5.02 Å². The van der Waals surface area contributed by atoms with Crippen molar-refractivity contribution in [1.82, 2.24) is 34.3 Å². The number of nitro benzene ring substituents is 1. The standard InChI is InChI=1S/C50H57ClN10O6S/c1-50(2)17-15-35(42(30-50)33-3-5-36(51)6-4-33)32-57-19-21-58(22-20-57)39-11-13-41(45(28-39)60-46-27-34-16-18-52-48(34)55-44(46)31-53-60)49(62)56-68(65,66)40-12-14-43(47(29-40)61(63)64)54-37-7-9-38(10-8-37)59-23-25-67-26-24-59/h3-6,11-14,16,18,27-29,31,37-38,53-54H,7-10,15,17,19-26,30,32H2,1-2H3,(H,56,62). The van der Waals surface area contributed by atoms with E-state index in [2.05, 4.69) is 60.8 Å². The Morgan fingerprint density at radius 2 is 1.72 bits per heavy atom. The average Bonchev–Trinajstić information content (AvgIpc) is 3.98. The van der Waals surface area contributed by atoms with Crippen molar-refractivity contribution in [3.05, 3.63) is 117 Å². The molecule has 10 rings (SSSR count). The number of aromatic nitrogens is 4. The number of amides is 1. The number of anilines is 2. The number of benzene rings is 3. The predicted octanol–water partition coefficient (Wildman–Crippen LogP) is 8.42. The molecule has 356 valence electrons. The summed E-state index contributed by atoms with van der Waals surface area (Å²) >= 11 is 6.27. The summed E-state index contributed by atoms with van der Waals surface area (Å²) in [6, 6.07) is 21.6. The van der Waals surface area contributed by atoms with Crippen molar-refractivity contribution in [2.24, 2.45) is 5.41 Å². The zero-order valence-electron chi connectivity index (χ0n) is 38.4. The topological polar surface area (TPSA) is 184 Å². The van der Waals surface area contributed by atoms with Crippen molar-refractivity contribution in [3.8, 4) is 5.69 Å². The van der Waals surface area contributed by atoms with Gasteiger partial charge in [-0.15, -0.1) is 0 Å². The number of ether oxygens (including phenoxy) is 1. The van der Waals surface area contributed by atoms with Crippen molar-refractivity contribution >= 4 is 72.2 Å². The van der Waals surface area contributed by atoms with Crippen LogP contribution in [0.4, 0.5) is 17.1 Å². The van der Waals surface area contributed by atoms with Gasteiger partial charge in [0.05, 0.1) is 39.8 Å². The zero-order valence-corrected chi connectivity index (χ0v) is 40.0. The van der Waals surface area contributed by atoms with Crippen LogP contribution in [0.3, 0.4) is 0 Å². The molecule has 0 atom stereocenters. The smallest absolute Gasteiger partial charge is 0.293 e. The Kier molecular flexibility index (Phi) is 12.8. The highest BCUT2D eigenvalue weighted by atomic mass is 35.5. The first-order valence-corrected chi connectivity index (χ1v) is 25.5. The molecule has 1 saturated carbocycles. The van der Waals surface area contributed by atoms with Crippen molar-refractivity contribution < 1.29 is 22.9 Å². The molecular formula is C50H57ClN10O6S. The van der Waals surface area contributed by atoms with E-state index in [0.29, 0.717) is 28.4 Å². The first-order chi connectivity index (χ1) is 32.8. The number of nitrogens with one attached hydrogen (secondary N) is 3. The number of carbonyl (C=O) groups is 1. The van der Waals surface area contributed by atoms with Gasteiger partial charge in [-0.3, -0.25) is 34.5 Å². The number of aromatic amines is 1. The summed E-state index contributed by atoms with van der Waals surface area (Å²) in [4.78, 5) is 42.0. The maximum Gasteiger partial charge on any atom is 0.293 e. The Labute approximate surface area is 400 Å². The van der Waals surface area contributed by atoms with Crippen molar-refractivity contribution in [1.29, 1.82) is 0 Å². The second kappa shape index (κ2) is 18.9. The number of allylic oxidation sites excluding steroid dienone is 1. The third-order valence-electron chi connectivity index (χ3n) is 14.4. The molecule has 0 radical (unpaired) electrons. The number of nitro groups is 1. The number of pyridine rings is 1. The molecule has 4 aliphatic rings. The fourth-order valence-corrected chi connectivity index (χ4v) is 11.7. The Balaban J connectivity index is 0.884. The molecule has 3 aromatic heterocycles. The molecule has 2 aliphatic heterocycles. The van der Waals surface area contributed by atoms with Gasteiger partial charge in [-0.05, 0) is 116 Å². The van der Waals surface area contributed by atoms with Gasteiger partial charge in [-0.1, -0.05) is 43.2 Å². The van der Waals surface area contributed by atoms with E-state index in [1.54, 1.807) is 23.1 Å². The number of rotatable bonds is 12. The van der Waals surface area contributed by atoms with Crippen LogP contribution in [0.5, 0.6) is 0 Å². The van der Waals surface area contributed by atoms with Crippen LogP contribution in [-0.4, -0.2) is 120 Å². The zero-order chi connectivity index (χ0) is 47.2. The van der Waals surface area contributed by atoms with E-state index in [1.165, 1.54) is 28.8 Å². The normalized spacial score (nSPS) is 20.8. The number of H-pyrrole nitrogens is 1. The van der Waals surface area contributed by atoms with E-state index >= 15 is 0 Å². The molecule has 18 heteroatoms. The summed E-state index contributed by atoms with van der Waals surface area (Å²) in [5.74, 6) is -0.891. The largest absolute Gasteiger partial charge is 0.379 e. The van der Waals surface area contributed by atoms with E-state index in [4.69, 9.17) is 21.3 Å². The lowest BCUT2D eigenvalue weighted by atomic mass is 9.72. The summed E-state index contributed by atoms with van der Waals surface area (Å²) in [6.45, 7) is 12.0. The lowest BCUT2D eigenvalue weighted by molar-refractivity contribution is -0.384. The first kappa shape index (κ1) is 45.9. The highest BCUT2D eigenvalue weighted by Gasteiger charge is 2.32. The van der Waals surface area contributed by atoms with Crippen LogP contribution in [0.1, 0.15) is 74.7 Å². The third kappa shape index (κ3) is 9.72. The molecule has 1 amide bonds. The van der Waals surface area contributed by atoms with Crippen molar-refractivity contribution in [3.63, 3.8) is 0 Å². The third-order valence-corrected chi connectivity index (χ3v) is 16.0. The minimum atomic E-state index is -4.58. The second-order valence-electron chi connectivity index (χ2n) is 19.4. The molecule has 0 bridgehead atoms. The molecule has 2 aliphatic carbocycles. The van der Waals surface area contributed by atoms with Gasteiger partial charge in [0.15, 0.2) is 5.65 Å². The van der Waals surface area contributed by atoms with Gasteiger partial charge in [-0.2, -0.15) is 0 Å². The predicted molar refractivity (Wildman–Crippen MR) is 265 cm³/mol. The molecule has 3 N–H and O–H groups in total. The minimum absolute atomic E-state index is 0.00247. The fraction of sp³-hybridized carbons (Fsp3) is 0.420. The number of fused-ring (bicyclic) bond motifs is 2. The molecule has 68 heavy (non-hydrogen) atoms. The van der Waals surface area contributed by atoms with Crippen LogP contribution in [0.15, 0.2) is 95.7 Å². The van der Waals surface area contributed by atoms with Crippen LogP contribution in [-0.2, 0) is 14.8 Å². The quantitative estimate of drug-likeness (QED) is 0.0788. The second-order valence-corrected chi connectivity index (χ2v) is 21.5. The van der Waals surface area contributed by atoms with Gasteiger partial charge >= 0.3 is 0 Å². The molecule has 0 spiro atoms.